The lowest BCUT2D eigenvalue weighted by atomic mass is 9.64. The van der Waals surface area contributed by atoms with Gasteiger partial charge in [0, 0.05) is 50.1 Å². The van der Waals surface area contributed by atoms with Gasteiger partial charge in [0.25, 0.3) is 0 Å². The van der Waals surface area contributed by atoms with E-state index >= 15 is 0 Å². The number of rotatable bonds is 3. The van der Waals surface area contributed by atoms with Crippen molar-refractivity contribution < 1.29 is 4.79 Å². The summed E-state index contributed by atoms with van der Waals surface area (Å²) < 4.78 is 0. The van der Waals surface area contributed by atoms with Crippen LogP contribution < -0.4 is 10.6 Å². The van der Waals surface area contributed by atoms with Crippen molar-refractivity contribution in [3.05, 3.63) is 71.3 Å². The number of benzene rings is 2. The molecule has 4 unspecified atom stereocenters. The zero-order valence-corrected chi connectivity index (χ0v) is 16.3. The summed E-state index contributed by atoms with van der Waals surface area (Å²) in [5.41, 5.74) is 4.38. The van der Waals surface area contributed by atoms with Gasteiger partial charge in [0.2, 0.25) is 6.41 Å². The number of carbonyl (C=O) groups is 1. The Morgan fingerprint density at radius 3 is 2.64 bits per heavy atom. The number of hydrogen-bond donors (Lipinski definition) is 2. The van der Waals surface area contributed by atoms with E-state index in [1.165, 1.54) is 16.7 Å². The molecule has 0 aromatic heterocycles. The third-order valence-electron chi connectivity index (χ3n) is 7.38. The summed E-state index contributed by atoms with van der Waals surface area (Å²) in [4.78, 5) is 14.1. The van der Waals surface area contributed by atoms with Crippen LogP contribution >= 0.6 is 0 Å². The molecule has 1 spiro atoms. The van der Waals surface area contributed by atoms with E-state index in [9.17, 15) is 4.79 Å². The van der Waals surface area contributed by atoms with Crippen LogP contribution in [0.3, 0.4) is 0 Å². The van der Waals surface area contributed by atoms with Gasteiger partial charge in [-0.3, -0.25) is 4.79 Å². The highest BCUT2D eigenvalue weighted by Crippen LogP contribution is 2.45. The highest BCUT2D eigenvalue weighted by molar-refractivity contribution is 5.49. The van der Waals surface area contributed by atoms with Crippen LogP contribution in [0.2, 0.25) is 0 Å². The molecule has 28 heavy (non-hydrogen) atoms. The Balaban J connectivity index is 1.50. The summed E-state index contributed by atoms with van der Waals surface area (Å²) >= 11 is 0. The number of piperidine rings is 1. The van der Waals surface area contributed by atoms with Gasteiger partial charge in [-0.25, -0.2) is 0 Å². The summed E-state index contributed by atoms with van der Waals surface area (Å²) in [6.07, 6.45) is 3.21. The first-order valence-electron chi connectivity index (χ1n) is 10.6. The van der Waals surface area contributed by atoms with Crippen molar-refractivity contribution in [2.24, 2.45) is 5.92 Å². The fourth-order valence-electron chi connectivity index (χ4n) is 6.02. The van der Waals surface area contributed by atoms with Crippen LogP contribution in [-0.2, 0) is 16.8 Å². The molecule has 0 saturated carbocycles. The number of nitrogens with one attached hydrogen (secondary N) is 2. The largest absolute Gasteiger partial charge is 0.342 e. The fraction of sp³-hybridized carbons (Fsp3) is 0.458. The van der Waals surface area contributed by atoms with E-state index in [0.717, 1.165) is 52.0 Å². The normalized spacial score (nSPS) is 32.3. The van der Waals surface area contributed by atoms with Gasteiger partial charge < -0.3 is 15.5 Å². The van der Waals surface area contributed by atoms with Gasteiger partial charge in [0.15, 0.2) is 0 Å². The standard InChI is InChI=1S/C24H29N3O/c28-17-27-11-10-19(18-6-2-1-3-7-18)12-23(27)22-14-26-16-24(22)15-25-13-20-8-4-5-9-21(20)24/h1-9,17,19,22-23,25-26H,10-16H2. The average molecular weight is 376 g/mol. The highest BCUT2D eigenvalue weighted by Gasteiger charge is 2.51. The minimum absolute atomic E-state index is 0.0688. The molecule has 5 rings (SSSR count). The number of nitrogens with zero attached hydrogens (tertiary/aromatic N) is 1. The Bertz CT molecular complexity index is 839. The van der Waals surface area contributed by atoms with Gasteiger partial charge in [0.05, 0.1) is 0 Å². The van der Waals surface area contributed by atoms with Crippen molar-refractivity contribution in [1.82, 2.24) is 15.5 Å². The Labute approximate surface area is 167 Å². The first-order valence-corrected chi connectivity index (χ1v) is 10.6. The topological polar surface area (TPSA) is 44.4 Å². The lowest BCUT2D eigenvalue weighted by Gasteiger charge is -2.48. The van der Waals surface area contributed by atoms with E-state index in [1.807, 2.05) is 0 Å². The van der Waals surface area contributed by atoms with E-state index in [2.05, 4.69) is 70.1 Å². The summed E-state index contributed by atoms with van der Waals surface area (Å²) in [6.45, 7) is 4.75. The monoisotopic (exact) mass is 375 g/mol. The molecule has 1 amide bonds. The van der Waals surface area contributed by atoms with Crippen LogP contribution in [0.1, 0.15) is 35.4 Å². The average Bonchev–Trinajstić information content (AvgIpc) is 3.18. The zero-order valence-electron chi connectivity index (χ0n) is 16.3. The van der Waals surface area contributed by atoms with E-state index in [1.54, 1.807) is 0 Å². The number of fused-ring (bicyclic) bond motifs is 2. The number of likely N-dealkylation sites (tertiary alicyclic amines) is 1. The Hall–Kier alpha value is -2.17. The van der Waals surface area contributed by atoms with Crippen LogP contribution in [0, 0.1) is 5.92 Å². The summed E-state index contributed by atoms with van der Waals surface area (Å²) in [6, 6.07) is 20.0. The van der Waals surface area contributed by atoms with Gasteiger partial charge >= 0.3 is 0 Å². The molecule has 2 N–H and O–H groups in total. The van der Waals surface area contributed by atoms with E-state index in [-0.39, 0.29) is 11.5 Å². The number of carbonyl (C=O) groups excluding carboxylic acids is 1. The van der Waals surface area contributed by atoms with Gasteiger partial charge in [-0.2, -0.15) is 0 Å². The predicted octanol–water partition coefficient (Wildman–Crippen LogP) is 2.65. The van der Waals surface area contributed by atoms with Crippen LogP contribution in [0.25, 0.3) is 0 Å². The molecule has 4 heteroatoms. The van der Waals surface area contributed by atoms with E-state index in [0.29, 0.717) is 11.8 Å². The minimum atomic E-state index is 0.0688. The first kappa shape index (κ1) is 17.9. The van der Waals surface area contributed by atoms with E-state index < -0.39 is 0 Å². The van der Waals surface area contributed by atoms with Gasteiger partial charge in [-0.15, -0.1) is 0 Å². The lowest BCUT2D eigenvalue weighted by molar-refractivity contribution is -0.123. The van der Waals surface area contributed by atoms with Gasteiger partial charge in [-0.05, 0) is 35.4 Å². The molecule has 0 radical (unpaired) electrons. The van der Waals surface area contributed by atoms with Crippen molar-refractivity contribution in [3.8, 4) is 0 Å². The molecule has 0 aliphatic carbocycles. The third kappa shape index (κ3) is 2.87. The Morgan fingerprint density at radius 2 is 1.79 bits per heavy atom. The molecular weight excluding hydrogens is 346 g/mol. The molecule has 3 aliphatic heterocycles. The lowest BCUT2D eigenvalue weighted by Crippen LogP contribution is -2.56. The van der Waals surface area contributed by atoms with Crippen LogP contribution in [-0.4, -0.2) is 43.5 Å². The zero-order chi connectivity index (χ0) is 19.0. The Kier molecular flexibility index (Phi) is 4.69. The summed E-state index contributed by atoms with van der Waals surface area (Å²) in [7, 11) is 0. The molecule has 3 heterocycles. The second kappa shape index (κ2) is 7.34. The number of hydrogen-bond acceptors (Lipinski definition) is 3. The molecule has 3 aliphatic rings. The smallest absolute Gasteiger partial charge is 0.209 e. The van der Waals surface area contributed by atoms with Crippen LogP contribution in [0.4, 0.5) is 0 Å². The minimum Gasteiger partial charge on any atom is -0.342 e. The highest BCUT2D eigenvalue weighted by atomic mass is 16.1. The maximum Gasteiger partial charge on any atom is 0.209 e. The second-order valence-corrected chi connectivity index (χ2v) is 8.70. The summed E-state index contributed by atoms with van der Waals surface area (Å²) in [5.74, 6) is 0.963. The molecule has 2 fully saturated rings. The molecule has 2 aromatic carbocycles. The Morgan fingerprint density at radius 1 is 1.00 bits per heavy atom. The van der Waals surface area contributed by atoms with Crippen molar-refractivity contribution in [1.29, 1.82) is 0 Å². The molecule has 4 atom stereocenters. The number of amides is 1. The van der Waals surface area contributed by atoms with Crippen LogP contribution in [0.15, 0.2) is 54.6 Å². The fourth-order valence-corrected chi connectivity index (χ4v) is 6.02. The second-order valence-electron chi connectivity index (χ2n) is 8.70. The maximum atomic E-state index is 12.0. The third-order valence-corrected chi connectivity index (χ3v) is 7.38. The molecule has 2 aromatic rings. The van der Waals surface area contributed by atoms with Crippen LogP contribution in [0.5, 0.6) is 0 Å². The van der Waals surface area contributed by atoms with Gasteiger partial charge in [-0.1, -0.05) is 54.6 Å². The quantitative estimate of drug-likeness (QED) is 0.811. The summed E-state index contributed by atoms with van der Waals surface area (Å²) in [5, 5.41) is 7.36. The molecule has 2 saturated heterocycles. The molecular formula is C24H29N3O. The molecule has 146 valence electrons. The van der Waals surface area contributed by atoms with E-state index in [4.69, 9.17) is 0 Å². The van der Waals surface area contributed by atoms with Gasteiger partial charge in [0.1, 0.15) is 0 Å². The SMILES string of the molecule is O=CN1CCC(c2ccccc2)CC1C1CNCC12CNCc1ccccc12. The maximum absolute atomic E-state index is 12.0. The van der Waals surface area contributed by atoms with Crippen molar-refractivity contribution >= 4 is 6.41 Å². The predicted molar refractivity (Wildman–Crippen MR) is 111 cm³/mol. The molecule has 0 bridgehead atoms. The van der Waals surface area contributed by atoms with Crippen molar-refractivity contribution in [2.75, 3.05) is 26.2 Å². The molecule has 4 nitrogen and oxygen atoms in total. The van der Waals surface area contributed by atoms with Crippen molar-refractivity contribution in [2.45, 2.75) is 36.8 Å². The van der Waals surface area contributed by atoms with Crippen molar-refractivity contribution in [3.63, 3.8) is 0 Å². The first-order chi connectivity index (χ1) is 13.8.